The van der Waals surface area contributed by atoms with E-state index in [-0.39, 0.29) is 5.54 Å². The van der Waals surface area contributed by atoms with Gasteiger partial charge in [-0.1, -0.05) is 0 Å². The molecule has 4 nitrogen and oxygen atoms in total. The summed E-state index contributed by atoms with van der Waals surface area (Å²) in [5.74, 6) is 1.87. The number of methoxy groups -OCH3 is 1. The lowest BCUT2D eigenvalue weighted by Gasteiger charge is -2.37. The maximum absolute atomic E-state index is 6.42. The van der Waals surface area contributed by atoms with E-state index in [9.17, 15) is 0 Å². The van der Waals surface area contributed by atoms with Gasteiger partial charge in [0.05, 0.1) is 23.7 Å². The fraction of sp³-hybridized carbons (Fsp3) is 0.500. The molecule has 4 heteroatoms. The minimum absolute atomic E-state index is 0.220. The number of benzene rings is 1. The summed E-state index contributed by atoms with van der Waals surface area (Å²) < 4.78 is 7.48. The number of fused-ring (bicyclic) bond motifs is 1. The van der Waals surface area contributed by atoms with Crippen LogP contribution in [0.4, 0.5) is 0 Å². The summed E-state index contributed by atoms with van der Waals surface area (Å²) in [5, 5.41) is 0. The number of hydrogen-bond acceptors (Lipinski definition) is 3. The molecule has 1 heterocycles. The molecule has 1 saturated carbocycles. The third-order valence-corrected chi connectivity index (χ3v) is 3.96. The predicted octanol–water partition coefficient (Wildman–Crippen LogP) is 2.40. The highest BCUT2D eigenvalue weighted by Gasteiger charge is 2.38. The van der Waals surface area contributed by atoms with Gasteiger partial charge < -0.3 is 15.0 Å². The van der Waals surface area contributed by atoms with E-state index in [4.69, 9.17) is 15.5 Å². The first-order valence-corrected chi connectivity index (χ1v) is 6.51. The molecule has 0 spiro atoms. The van der Waals surface area contributed by atoms with E-state index in [0.717, 1.165) is 42.0 Å². The van der Waals surface area contributed by atoms with Crippen LogP contribution in [0.25, 0.3) is 11.0 Å². The van der Waals surface area contributed by atoms with Crippen molar-refractivity contribution in [3.05, 3.63) is 24.0 Å². The average Bonchev–Trinajstić information content (AvgIpc) is 2.73. The lowest BCUT2D eigenvalue weighted by Crippen LogP contribution is -2.45. The molecule has 96 valence electrons. The van der Waals surface area contributed by atoms with Crippen LogP contribution >= 0.6 is 0 Å². The van der Waals surface area contributed by atoms with Crippen LogP contribution in [0, 0.1) is 0 Å². The molecule has 1 aliphatic carbocycles. The van der Waals surface area contributed by atoms with Crippen LogP contribution in [0.1, 0.15) is 32.0 Å². The summed E-state index contributed by atoms with van der Waals surface area (Å²) >= 11 is 0. The largest absolute Gasteiger partial charge is 0.497 e. The van der Waals surface area contributed by atoms with Gasteiger partial charge in [-0.2, -0.15) is 0 Å². The molecule has 2 aromatic rings. The number of aryl methyl sites for hydroxylation is 1. The second-order valence-corrected chi connectivity index (χ2v) is 5.04. The second-order valence-electron chi connectivity index (χ2n) is 5.04. The summed E-state index contributed by atoms with van der Waals surface area (Å²) in [7, 11) is 1.68. The van der Waals surface area contributed by atoms with E-state index in [0.29, 0.717) is 0 Å². The highest BCUT2D eigenvalue weighted by molar-refractivity contribution is 5.78. The molecule has 0 saturated heterocycles. The molecule has 0 radical (unpaired) electrons. The van der Waals surface area contributed by atoms with Crippen LogP contribution < -0.4 is 10.5 Å². The Kier molecular flexibility index (Phi) is 2.55. The smallest absolute Gasteiger partial charge is 0.130 e. The number of ether oxygens (including phenoxy) is 1. The van der Waals surface area contributed by atoms with E-state index < -0.39 is 0 Å². The van der Waals surface area contributed by atoms with Crippen LogP contribution in [0.15, 0.2) is 18.2 Å². The van der Waals surface area contributed by atoms with Gasteiger partial charge >= 0.3 is 0 Å². The van der Waals surface area contributed by atoms with Gasteiger partial charge in [0.1, 0.15) is 11.6 Å². The molecule has 0 unspecified atom stereocenters. The first kappa shape index (κ1) is 11.5. The standard InChI is InChI=1S/C14H19N3O/c1-3-17-12-6-5-10(18-2)9-11(12)16-13(17)14(15)7-4-8-14/h5-6,9H,3-4,7-8,15H2,1-2H3. The first-order valence-electron chi connectivity index (χ1n) is 6.51. The Bertz CT molecular complexity index is 584. The van der Waals surface area contributed by atoms with Crippen LogP contribution in [0.3, 0.4) is 0 Å². The number of hydrogen-bond donors (Lipinski definition) is 1. The second kappa shape index (κ2) is 3.99. The number of aromatic nitrogens is 2. The monoisotopic (exact) mass is 245 g/mol. The Morgan fingerprint density at radius 1 is 1.44 bits per heavy atom. The molecule has 3 rings (SSSR count). The highest BCUT2D eigenvalue weighted by atomic mass is 16.5. The lowest BCUT2D eigenvalue weighted by atomic mass is 9.77. The summed E-state index contributed by atoms with van der Waals surface area (Å²) in [6, 6.07) is 6.02. The number of imidazole rings is 1. The molecule has 2 N–H and O–H groups in total. The van der Waals surface area contributed by atoms with Crippen molar-refractivity contribution in [2.75, 3.05) is 7.11 Å². The van der Waals surface area contributed by atoms with Crippen LogP contribution in [-0.4, -0.2) is 16.7 Å². The van der Waals surface area contributed by atoms with Crippen molar-refractivity contribution < 1.29 is 4.74 Å². The minimum atomic E-state index is -0.220. The van der Waals surface area contributed by atoms with E-state index in [1.165, 1.54) is 6.42 Å². The van der Waals surface area contributed by atoms with Gasteiger partial charge in [-0.25, -0.2) is 4.98 Å². The molecule has 1 aromatic heterocycles. The Morgan fingerprint density at radius 3 is 2.78 bits per heavy atom. The van der Waals surface area contributed by atoms with E-state index in [1.54, 1.807) is 7.11 Å². The van der Waals surface area contributed by atoms with Crippen LogP contribution in [0.2, 0.25) is 0 Å². The van der Waals surface area contributed by atoms with Crippen LogP contribution in [-0.2, 0) is 12.1 Å². The van der Waals surface area contributed by atoms with Crippen molar-refractivity contribution in [2.24, 2.45) is 5.73 Å². The zero-order chi connectivity index (χ0) is 12.8. The summed E-state index contributed by atoms with van der Waals surface area (Å²) in [5.41, 5.74) is 8.32. The third kappa shape index (κ3) is 1.52. The zero-order valence-electron chi connectivity index (χ0n) is 10.9. The summed E-state index contributed by atoms with van der Waals surface area (Å²) in [6.07, 6.45) is 3.27. The van der Waals surface area contributed by atoms with Crippen molar-refractivity contribution in [1.29, 1.82) is 0 Å². The van der Waals surface area contributed by atoms with Crippen molar-refractivity contribution in [3.63, 3.8) is 0 Å². The first-order chi connectivity index (χ1) is 8.68. The highest BCUT2D eigenvalue weighted by Crippen LogP contribution is 2.39. The minimum Gasteiger partial charge on any atom is -0.497 e. The van der Waals surface area contributed by atoms with Crippen molar-refractivity contribution in [2.45, 2.75) is 38.3 Å². The predicted molar refractivity (Wildman–Crippen MR) is 71.7 cm³/mol. The molecular weight excluding hydrogens is 226 g/mol. The zero-order valence-corrected chi connectivity index (χ0v) is 10.9. The number of nitrogens with zero attached hydrogens (tertiary/aromatic N) is 2. The van der Waals surface area contributed by atoms with Crippen molar-refractivity contribution >= 4 is 11.0 Å². The van der Waals surface area contributed by atoms with Gasteiger partial charge in [0.15, 0.2) is 0 Å². The van der Waals surface area contributed by atoms with Crippen molar-refractivity contribution in [3.8, 4) is 5.75 Å². The van der Waals surface area contributed by atoms with E-state index in [1.807, 2.05) is 12.1 Å². The number of rotatable bonds is 3. The Hall–Kier alpha value is -1.55. The molecule has 0 aliphatic heterocycles. The van der Waals surface area contributed by atoms with Gasteiger partial charge in [-0.15, -0.1) is 0 Å². The lowest BCUT2D eigenvalue weighted by molar-refractivity contribution is 0.231. The molecule has 0 atom stereocenters. The maximum atomic E-state index is 6.42. The Labute approximate surface area is 107 Å². The Morgan fingerprint density at radius 2 is 2.22 bits per heavy atom. The van der Waals surface area contributed by atoms with Gasteiger partial charge in [-0.3, -0.25) is 0 Å². The van der Waals surface area contributed by atoms with Gasteiger partial charge in [0.25, 0.3) is 0 Å². The normalized spacial score (nSPS) is 17.7. The van der Waals surface area contributed by atoms with Gasteiger partial charge in [0.2, 0.25) is 0 Å². The molecule has 0 bridgehead atoms. The molecule has 1 aliphatic rings. The Balaban J connectivity index is 2.19. The van der Waals surface area contributed by atoms with E-state index >= 15 is 0 Å². The number of nitrogens with two attached hydrogens (primary N) is 1. The fourth-order valence-electron chi connectivity index (χ4n) is 2.72. The molecule has 1 aromatic carbocycles. The SMILES string of the molecule is CCn1c(C2(N)CCC2)nc2cc(OC)ccc21. The molecular formula is C14H19N3O. The summed E-state index contributed by atoms with van der Waals surface area (Å²) in [4.78, 5) is 4.74. The topological polar surface area (TPSA) is 53.1 Å². The van der Waals surface area contributed by atoms with Crippen LogP contribution in [0.5, 0.6) is 5.75 Å². The average molecular weight is 245 g/mol. The van der Waals surface area contributed by atoms with Crippen molar-refractivity contribution in [1.82, 2.24) is 9.55 Å². The molecule has 18 heavy (non-hydrogen) atoms. The fourth-order valence-corrected chi connectivity index (χ4v) is 2.72. The third-order valence-electron chi connectivity index (χ3n) is 3.96. The van der Waals surface area contributed by atoms with Gasteiger partial charge in [-0.05, 0) is 38.3 Å². The van der Waals surface area contributed by atoms with Gasteiger partial charge in [0, 0.05) is 12.6 Å². The summed E-state index contributed by atoms with van der Waals surface area (Å²) in [6.45, 7) is 3.04. The van der Waals surface area contributed by atoms with E-state index in [2.05, 4.69) is 17.6 Å². The molecule has 0 amide bonds. The quantitative estimate of drug-likeness (QED) is 0.903. The maximum Gasteiger partial charge on any atom is 0.130 e. The molecule has 1 fully saturated rings.